The lowest BCUT2D eigenvalue weighted by Crippen LogP contribution is -2.29. The minimum atomic E-state index is -0.396. The van der Waals surface area contributed by atoms with E-state index in [4.69, 9.17) is 0 Å². The maximum absolute atomic E-state index is 12.9. The van der Waals surface area contributed by atoms with Crippen LogP contribution < -0.4 is 16.2 Å². The molecule has 174 valence electrons. The lowest BCUT2D eigenvalue weighted by atomic mass is 10.0. The highest BCUT2D eigenvalue weighted by molar-refractivity contribution is 5.90. The number of rotatable bonds is 6. The van der Waals surface area contributed by atoms with Gasteiger partial charge in [-0.05, 0) is 22.8 Å². The van der Waals surface area contributed by atoms with E-state index in [0.717, 1.165) is 21.9 Å². The van der Waals surface area contributed by atoms with Gasteiger partial charge in [0.15, 0.2) is 0 Å². The molecule has 0 atom stereocenters. The van der Waals surface area contributed by atoms with Gasteiger partial charge in [-0.15, -0.1) is 0 Å². The number of aromatic nitrogens is 4. The molecule has 3 aromatic carbocycles. The Morgan fingerprint density at radius 2 is 1.74 bits per heavy atom. The molecule has 5 rings (SSSR count). The zero-order valence-corrected chi connectivity index (χ0v) is 19.2. The Morgan fingerprint density at radius 1 is 0.971 bits per heavy atom. The van der Waals surface area contributed by atoms with Crippen molar-refractivity contribution in [2.24, 2.45) is 0 Å². The second-order valence-electron chi connectivity index (χ2n) is 8.05. The topological polar surface area (TPSA) is 105 Å². The smallest absolute Gasteiger partial charge is 0.320 e. The minimum absolute atomic E-state index is 0.237. The summed E-state index contributed by atoms with van der Waals surface area (Å²) in [6, 6.07) is 26.5. The average Bonchev–Trinajstić information content (AvgIpc) is 3.31. The van der Waals surface area contributed by atoms with Crippen molar-refractivity contribution in [3.63, 3.8) is 0 Å². The van der Waals surface area contributed by atoms with E-state index in [0.29, 0.717) is 30.2 Å². The summed E-state index contributed by atoms with van der Waals surface area (Å²) in [4.78, 5) is 32.3. The predicted molar refractivity (Wildman–Crippen MR) is 137 cm³/mol. The molecule has 0 spiro atoms. The maximum Gasteiger partial charge on any atom is 0.320 e. The van der Waals surface area contributed by atoms with Crippen LogP contribution in [0.15, 0.2) is 89.7 Å². The summed E-state index contributed by atoms with van der Waals surface area (Å²) < 4.78 is 1.44. The summed E-state index contributed by atoms with van der Waals surface area (Å²) in [5, 5.41) is 12.6. The number of urea groups is 1. The molecule has 5 aromatic rings. The molecule has 0 aliphatic carbocycles. The van der Waals surface area contributed by atoms with Crippen molar-refractivity contribution in [3.8, 4) is 17.2 Å². The molecule has 2 amide bonds. The Bertz CT molecular complexity index is 1550. The number of amides is 2. The third kappa shape index (κ3) is 4.81. The van der Waals surface area contributed by atoms with Crippen molar-refractivity contribution in [1.82, 2.24) is 25.1 Å². The van der Waals surface area contributed by atoms with Gasteiger partial charge in [0.05, 0.1) is 5.69 Å². The number of hydrogen-bond donors (Lipinski definition) is 3. The molecule has 2 aromatic heterocycles. The van der Waals surface area contributed by atoms with Crippen LogP contribution in [0.2, 0.25) is 0 Å². The van der Waals surface area contributed by atoms with Gasteiger partial charge < -0.3 is 5.32 Å². The van der Waals surface area contributed by atoms with Crippen LogP contribution in [0.3, 0.4) is 0 Å². The quantitative estimate of drug-likeness (QED) is 0.340. The summed E-state index contributed by atoms with van der Waals surface area (Å²) >= 11 is 0. The highest BCUT2D eigenvalue weighted by Gasteiger charge is 2.16. The number of nitrogens with zero attached hydrogens (tertiary/aromatic N) is 3. The van der Waals surface area contributed by atoms with Gasteiger partial charge >= 0.3 is 6.03 Å². The fraction of sp³-hybridized carbons (Fsp3) is 0.111. The van der Waals surface area contributed by atoms with Crippen LogP contribution in [0.5, 0.6) is 0 Å². The Labute approximate surface area is 201 Å². The van der Waals surface area contributed by atoms with E-state index >= 15 is 0 Å². The number of benzene rings is 3. The first-order valence-electron chi connectivity index (χ1n) is 11.4. The molecule has 0 saturated heterocycles. The fourth-order valence-corrected chi connectivity index (χ4v) is 3.94. The van der Waals surface area contributed by atoms with E-state index in [1.165, 1.54) is 10.7 Å². The Morgan fingerprint density at radius 3 is 2.57 bits per heavy atom. The van der Waals surface area contributed by atoms with E-state index in [2.05, 4.69) is 25.7 Å². The zero-order valence-electron chi connectivity index (χ0n) is 19.2. The molecule has 35 heavy (non-hydrogen) atoms. The van der Waals surface area contributed by atoms with Crippen LogP contribution >= 0.6 is 0 Å². The van der Waals surface area contributed by atoms with Crippen molar-refractivity contribution < 1.29 is 4.79 Å². The number of aromatic amines is 1. The standard InChI is InChI=1S/C27H24N6O2/c1-2-21-15-25(34)31-26(29-21)33-24(16-23(32-33)19-10-4-3-5-11-19)30-27(35)28-17-20-13-8-12-18-9-6-7-14-22(18)20/h3-16H,2,17H2,1H3,(H2,28,30,35)(H,29,31,34). The zero-order chi connectivity index (χ0) is 24.2. The molecular weight excluding hydrogens is 440 g/mol. The summed E-state index contributed by atoms with van der Waals surface area (Å²) in [7, 11) is 0. The molecule has 0 bridgehead atoms. The Kier molecular flexibility index (Phi) is 6.09. The first kappa shape index (κ1) is 22.1. The molecule has 2 heterocycles. The van der Waals surface area contributed by atoms with Gasteiger partial charge in [0.25, 0.3) is 5.56 Å². The number of fused-ring (bicyclic) bond motifs is 1. The van der Waals surface area contributed by atoms with Crippen LogP contribution in [0, 0.1) is 0 Å². The number of H-pyrrole nitrogens is 1. The van der Waals surface area contributed by atoms with Gasteiger partial charge in [-0.25, -0.2) is 9.78 Å². The molecule has 0 aliphatic rings. The summed E-state index contributed by atoms with van der Waals surface area (Å²) in [5.41, 5.74) is 2.87. The van der Waals surface area contributed by atoms with Crippen LogP contribution in [-0.2, 0) is 13.0 Å². The Balaban J connectivity index is 1.44. The SMILES string of the molecule is CCc1cc(=O)[nH]c(-n2nc(-c3ccccc3)cc2NC(=O)NCc2cccc3ccccc23)n1. The number of carbonyl (C=O) groups excluding carboxylic acids is 1. The summed E-state index contributed by atoms with van der Waals surface area (Å²) in [6.07, 6.45) is 0.595. The summed E-state index contributed by atoms with van der Waals surface area (Å²) in [6.45, 7) is 2.28. The van der Waals surface area contributed by atoms with Gasteiger partial charge in [0, 0.05) is 29.9 Å². The molecule has 3 N–H and O–H groups in total. The molecule has 0 saturated carbocycles. The highest BCUT2D eigenvalue weighted by Crippen LogP contribution is 2.24. The second-order valence-corrected chi connectivity index (χ2v) is 8.05. The number of carbonyl (C=O) groups is 1. The third-order valence-corrected chi connectivity index (χ3v) is 5.68. The van der Waals surface area contributed by atoms with Gasteiger partial charge in [0.1, 0.15) is 5.82 Å². The normalized spacial score (nSPS) is 10.9. The Hall–Kier alpha value is -4.72. The summed E-state index contributed by atoms with van der Waals surface area (Å²) in [5.74, 6) is 0.622. The van der Waals surface area contributed by atoms with Crippen molar-refractivity contribution in [2.45, 2.75) is 19.9 Å². The lowest BCUT2D eigenvalue weighted by Gasteiger charge is -2.11. The minimum Gasteiger partial charge on any atom is -0.334 e. The first-order chi connectivity index (χ1) is 17.1. The first-order valence-corrected chi connectivity index (χ1v) is 11.4. The maximum atomic E-state index is 12.9. The van der Waals surface area contributed by atoms with Crippen molar-refractivity contribution in [1.29, 1.82) is 0 Å². The number of hydrogen-bond acceptors (Lipinski definition) is 4. The molecular formula is C27H24N6O2. The predicted octanol–water partition coefficient (Wildman–Crippen LogP) is 4.66. The van der Waals surface area contributed by atoms with Gasteiger partial charge in [0.2, 0.25) is 5.95 Å². The van der Waals surface area contributed by atoms with Gasteiger partial charge in [-0.2, -0.15) is 9.78 Å². The lowest BCUT2D eigenvalue weighted by molar-refractivity contribution is 0.251. The van der Waals surface area contributed by atoms with E-state index in [1.54, 1.807) is 6.07 Å². The second kappa shape index (κ2) is 9.64. The van der Waals surface area contributed by atoms with Crippen molar-refractivity contribution >= 4 is 22.6 Å². The number of aryl methyl sites for hydroxylation is 1. The van der Waals surface area contributed by atoms with Crippen LogP contribution in [0.4, 0.5) is 10.6 Å². The number of nitrogens with one attached hydrogen (secondary N) is 3. The van der Waals surface area contributed by atoms with Crippen LogP contribution in [0.25, 0.3) is 28.0 Å². The molecule has 8 heteroatoms. The molecule has 0 aliphatic heterocycles. The molecule has 8 nitrogen and oxygen atoms in total. The van der Waals surface area contributed by atoms with Crippen molar-refractivity contribution in [3.05, 3.63) is 107 Å². The average molecular weight is 465 g/mol. The molecule has 0 unspecified atom stereocenters. The van der Waals surface area contributed by atoms with E-state index < -0.39 is 6.03 Å². The highest BCUT2D eigenvalue weighted by atomic mass is 16.2. The van der Waals surface area contributed by atoms with Crippen LogP contribution in [-0.4, -0.2) is 25.8 Å². The van der Waals surface area contributed by atoms with Crippen molar-refractivity contribution in [2.75, 3.05) is 5.32 Å². The van der Waals surface area contributed by atoms with Crippen LogP contribution in [0.1, 0.15) is 18.2 Å². The van der Waals surface area contributed by atoms with E-state index in [-0.39, 0.29) is 11.5 Å². The fourth-order valence-electron chi connectivity index (χ4n) is 3.94. The largest absolute Gasteiger partial charge is 0.334 e. The van der Waals surface area contributed by atoms with E-state index in [9.17, 15) is 9.59 Å². The molecule has 0 fully saturated rings. The van der Waals surface area contributed by atoms with Gasteiger partial charge in [-0.1, -0.05) is 79.7 Å². The van der Waals surface area contributed by atoms with Gasteiger partial charge in [-0.3, -0.25) is 15.1 Å². The van der Waals surface area contributed by atoms with E-state index in [1.807, 2.05) is 79.7 Å². The molecule has 0 radical (unpaired) electrons. The third-order valence-electron chi connectivity index (χ3n) is 5.68. The number of anilines is 1. The monoisotopic (exact) mass is 464 g/mol.